The van der Waals surface area contributed by atoms with Gasteiger partial charge in [0.05, 0.1) is 0 Å². The predicted octanol–water partition coefficient (Wildman–Crippen LogP) is 6.19. The van der Waals surface area contributed by atoms with Crippen LogP contribution >= 0.6 is 34.8 Å². The van der Waals surface area contributed by atoms with Crippen molar-refractivity contribution in [2.75, 3.05) is 6.61 Å². The minimum Gasteiger partial charge on any atom is -0.484 e. The Morgan fingerprint density at radius 1 is 0.914 bits per heavy atom. The van der Waals surface area contributed by atoms with Gasteiger partial charge in [-0.05, 0) is 61.4 Å². The van der Waals surface area contributed by atoms with E-state index in [1.165, 1.54) is 4.90 Å². The molecule has 0 spiro atoms. The molecule has 0 bridgehead atoms. The zero-order chi connectivity index (χ0) is 25.4. The normalized spacial score (nSPS) is 11.7. The highest BCUT2D eigenvalue weighted by Crippen LogP contribution is 2.24. The summed E-state index contributed by atoms with van der Waals surface area (Å²) < 4.78 is 5.72. The number of halogens is 3. The van der Waals surface area contributed by atoms with Gasteiger partial charge in [0.25, 0.3) is 5.91 Å². The zero-order valence-electron chi connectivity index (χ0n) is 19.5. The first-order chi connectivity index (χ1) is 16.7. The van der Waals surface area contributed by atoms with Gasteiger partial charge in [0.1, 0.15) is 11.8 Å². The monoisotopic (exact) mass is 532 g/mol. The number of amides is 2. The topological polar surface area (TPSA) is 58.6 Å². The zero-order valence-corrected chi connectivity index (χ0v) is 21.8. The van der Waals surface area contributed by atoms with Gasteiger partial charge >= 0.3 is 0 Å². The number of benzene rings is 3. The molecule has 3 rings (SSSR count). The van der Waals surface area contributed by atoms with E-state index in [0.29, 0.717) is 32.8 Å². The fourth-order valence-electron chi connectivity index (χ4n) is 3.53. The number of hydrogen-bond donors (Lipinski definition) is 1. The van der Waals surface area contributed by atoms with Crippen molar-refractivity contribution in [3.8, 4) is 5.75 Å². The maximum atomic E-state index is 13.5. The van der Waals surface area contributed by atoms with Crippen molar-refractivity contribution in [2.45, 2.75) is 38.9 Å². The molecule has 0 saturated heterocycles. The van der Waals surface area contributed by atoms with Gasteiger partial charge in [-0.15, -0.1) is 0 Å². The first-order valence-corrected chi connectivity index (χ1v) is 12.3. The van der Waals surface area contributed by atoms with Crippen LogP contribution in [0.15, 0.2) is 72.8 Å². The summed E-state index contributed by atoms with van der Waals surface area (Å²) in [7, 11) is 0. The van der Waals surface area contributed by atoms with Crippen molar-refractivity contribution in [3.63, 3.8) is 0 Å². The highest BCUT2D eigenvalue weighted by molar-refractivity contribution is 6.35. The molecule has 0 aliphatic carbocycles. The first-order valence-electron chi connectivity index (χ1n) is 11.2. The summed E-state index contributed by atoms with van der Waals surface area (Å²) in [5.74, 6) is -0.113. The molecule has 0 fully saturated rings. The van der Waals surface area contributed by atoms with E-state index in [9.17, 15) is 9.59 Å². The minimum absolute atomic E-state index is 0.0952. The lowest BCUT2D eigenvalue weighted by molar-refractivity contribution is -0.143. The fraction of sp³-hybridized carbons (Fsp3) is 0.259. The van der Waals surface area contributed by atoms with E-state index >= 15 is 0 Å². The number of hydrogen-bond acceptors (Lipinski definition) is 3. The molecule has 35 heavy (non-hydrogen) atoms. The van der Waals surface area contributed by atoms with Crippen LogP contribution in [0.5, 0.6) is 5.75 Å². The second-order valence-corrected chi connectivity index (χ2v) is 9.65. The van der Waals surface area contributed by atoms with Crippen LogP contribution in [0.2, 0.25) is 15.1 Å². The standard InChI is InChI=1S/C27H27Cl3N2O3/c1-18(2)31-27(34)25(14-19-6-4-3-5-7-19)32(16-20-8-9-22(29)15-24(20)30)26(33)17-35-23-12-10-21(28)11-13-23/h3-13,15,18,25H,14,16-17H2,1-2H3,(H,31,34)/t25-/m0/s1. The van der Waals surface area contributed by atoms with Crippen LogP contribution in [0.25, 0.3) is 0 Å². The lowest BCUT2D eigenvalue weighted by atomic mass is 10.0. The van der Waals surface area contributed by atoms with E-state index in [4.69, 9.17) is 39.5 Å². The van der Waals surface area contributed by atoms with Gasteiger partial charge in [0, 0.05) is 34.1 Å². The molecule has 0 aromatic heterocycles. The lowest BCUT2D eigenvalue weighted by Crippen LogP contribution is -2.52. The Labute approximate surface area is 220 Å². The molecular formula is C27H27Cl3N2O3. The van der Waals surface area contributed by atoms with Crippen molar-refractivity contribution >= 4 is 46.6 Å². The summed E-state index contributed by atoms with van der Waals surface area (Å²) in [6.45, 7) is 3.61. The Hall–Kier alpha value is -2.73. The van der Waals surface area contributed by atoms with Gasteiger partial charge in [0.2, 0.25) is 5.91 Å². The van der Waals surface area contributed by atoms with Crippen molar-refractivity contribution in [3.05, 3.63) is 99.0 Å². The molecule has 0 radical (unpaired) electrons. The van der Waals surface area contributed by atoms with Gasteiger partial charge in [0.15, 0.2) is 6.61 Å². The van der Waals surface area contributed by atoms with Crippen LogP contribution in [0.1, 0.15) is 25.0 Å². The van der Waals surface area contributed by atoms with Crippen molar-refractivity contribution in [1.82, 2.24) is 10.2 Å². The van der Waals surface area contributed by atoms with Gasteiger partial charge < -0.3 is 15.0 Å². The molecule has 5 nitrogen and oxygen atoms in total. The number of carbonyl (C=O) groups is 2. The fourth-order valence-corrected chi connectivity index (χ4v) is 4.12. The summed E-state index contributed by atoms with van der Waals surface area (Å²) >= 11 is 18.4. The number of carbonyl (C=O) groups excluding carboxylic acids is 2. The van der Waals surface area contributed by atoms with Gasteiger partial charge in [-0.1, -0.05) is 71.2 Å². The molecular weight excluding hydrogens is 507 g/mol. The summed E-state index contributed by atoms with van der Waals surface area (Å²) in [6.07, 6.45) is 0.331. The first kappa shape index (κ1) is 26.9. The van der Waals surface area contributed by atoms with E-state index in [1.54, 1.807) is 42.5 Å². The SMILES string of the molecule is CC(C)NC(=O)[C@H](Cc1ccccc1)N(Cc1ccc(Cl)cc1Cl)C(=O)COc1ccc(Cl)cc1. The summed E-state index contributed by atoms with van der Waals surface area (Å²) in [5.41, 5.74) is 1.60. The summed E-state index contributed by atoms with van der Waals surface area (Å²) in [6, 6.07) is 20.5. The lowest BCUT2D eigenvalue weighted by Gasteiger charge is -2.32. The molecule has 0 aliphatic rings. The molecule has 1 atom stereocenters. The van der Waals surface area contributed by atoms with Crippen molar-refractivity contribution in [2.24, 2.45) is 0 Å². The maximum Gasteiger partial charge on any atom is 0.261 e. The largest absolute Gasteiger partial charge is 0.484 e. The highest BCUT2D eigenvalue weighted by atomic mass is 35.5. The minimum atomic E-state index is -0.784. The number of ether oxygens (including phenoxy) is 1. The predicted molar refractivity (Wildman–Crippen MR) is 141 cm³/mol. The Morgan fingerprint density at radius 2 is 1.57 bits per heavy atom. The van der Waals surface area contributed by atoms with Crippen LogP contribution in [0, 0.1) is 0 Å². The molecule has 1 N–H and O–H groups in total. The average molecular weight is 534 g/mol. The van der Waals surface area contributed by atoms with Crippen LogP contribution in [-0.2, 0) is 22.6 Å². The smallest absolute Gasteiger partial charge is 0.261 e. The molecule has 0 aliphatic heterocycles. The Bertz CT molecular complexity index is 1140. The third kappa shape index (κ3) is 8.17. The second kappa shape index (κ2) is 12.8. The van der Waals surface area contributed by atoms with E-state index in [1.807, 2.05) is 44.2 Å². The van der Waals surface area contributed by atoms with Gasteiger partial charge in [-0.3, -0.25) is 9.59 Å². The molecule has 8 heteroatoms. The average Bonchev–Trinajstić information content (AvgIpc) is 2.82. The number of nitrogens with one attached hydrogen (secondary N) is 1. The quantitative estimate of drug-likeness (QED) is 0.338. The van der Waals surface area contributed by atoms with E-state index in [0.717, 1.165) is 5.56 Å². The van der Waals surface area contributed by atoms with Crippen LogP contribution in [0.4, 0.5) is 0 Å². The molecule has 3 aromatic rings. The molecule has 184 valence electrons. The summed E-state index contributed by atoms with van der Waals surface area (Å²) in [5, 5.41) is 4.41. The Morgan fingerprint density at radius 3 is 2.20 bits per heavy atom. The number of rotatable bonds is 10. The third-order valence-electron chi connectivity index (χ3n) is 5.23. The van der Waals surface area contributed by atoms with Crippen LogP contribution in [0.3, 0.4) is 0 Å². The molecule has 3 aromatic carbocycles. The molecule has 0 heterocycles. The Kier molecular flexibility index (Phi) is 9.84. The van der Waals surface area contributed by atoms with Gasteiger partial charge in [-0.2, -0.15) is 0 Å². The molecule has 2 amide bonds. The second-order valence-electron chi connectivity index (χ2n) is 8.37. The number of nitrogens with zero attached hydrogens (tertiary/aromatic N) is 1. The molecule has 0 saturated carbocycles. The van der Waals surface area contributed by atoms with E-state index in [-0.39, 0.29) is 31.0 Å². The highest BCUT2D eigenvalue weighted by Gasteiger charge is 2.31. The summed E-state index contributed by atoms with van der Waals surface area (Å²) in [4.78, 5) is 28.4. The van der Waals surface area contributed by atoms with Crippen molar-refractivity contribution < 1.29 is 14.3 Å². The van der Waals surface area contributed by atoms with E-state index in [2.05, 4.69) is 5.32 Å². The molecule has 0 unspecified atom stereocenters. The third-order valence-corrected chi connectivity index (χ3v) is 6.07. The maximum absolute atomic E-state index is 13.5. The van der Waals surface area contributed by atoms with Gasteiger partial charge in [-0.25, -0.2) is 0 Å². The van der Waals surface area contributed by atoms with Crippen molar-refractivity contribution in [1.29, 1.82) is 0 Å². The Balaban J connectivity index is 1.93. The van der Waals surface area contributed by atoms with E-state index < -0.39 is 6.04 Å². The van der Waals surface area contributed by atoms with Crippen LogP contribution < -0.4 is 10.1 Å². The van der Waals surface area contributed by atoms with Crippen LogP contribution in [-0.4, -0.2) is 35.4 Å².